The molecule has 1 heterocycles. The standard InChI is InChI=1S/C28H29N3O3.C2HF3O2/c1-4-5-10-26-30-27-18(2)15-22(29-19(3)32)16-25(27)31(26)17-20-11-13-21(14-12-20)23-8-6-7-9-24(23)28(33)34;3-2(4,5)1(6)7/h6-9,11-16H,4-5,10,17H2,1-3H3,(H,29,32)(H,33,34);(H,6,7). The number of hydrogen-bond donors (Lipinski definition) is 3. The molecule has 3 aromatic carbocycles. The number of benzene rings is 3. The van der Waals surface area contributed by atoms with Gasteiger partial charge in [-0.2, -0.15) is 13.2 Å². The van der Waals surface area contributed by atoms with Crippen molar-refractivity contribution in [3.05, 3.63) is 83.2 Å². The van der Waals surface area contributed by atoms with Crippen molar-refractivity contribution in [2.75, 3.05) is 5.32 Å². The lowest BCUT2D eigenvalue weighted by Gasteiger charge is -2.12. The van der Waals surface area contributed by atoms with Gasteiger partial charge in [0.15, 0.2) is 0 Å². The minimum atomic E-state index is -5.08. The van der Waals surface area contributed by atoms with Crippen LogP contribution in [0.1, 0.15) is 54.0 Å². The van der Waals surface area contributed by atoms with E-state index in [1.807, 2.05) is 55.5 Å². The van der Waals surface area contributed by atoms with Crippen LogP contribution in [0.25, 0.3) is 22.2 Å². The third-order valence-corrected chi connectivity index (χ3v) is 6.20. The first kappa shape index (κ1) is 30.9. The molecule has 0 fully saturated rings. The number of aliphatic carboxylic acids is 1. The topological polar surface area (TPSA) is 122 Å². The summed E-state index contributed by atoms with van der Waals surface area (Å²) < 4.78 is 34.0. The Labute approximate surface area is 234 Å². The van der Waals surface area contributed by atoms with Crippen LogP contribution < -0.4 is 5.32 Å². The van der Waals surface area contributed by atoms with Gasteiger partial charge in [-0.25, -0.2) is 14.6 Å². The maximum atomic E-state index is 11.6. The van der Waals surface area contributed by atoms with Crippen LogP contribution in [0.5, 0.6) is 0 Å². The number of hydrogen-bond acceptors (Lipinski definition) is 4. The van der Waals surface area contributed by atoms with E-state index in [2.05, 4.69) is 16.8 Å². The quantitative estimate of drug-likeness (QED) is 0.217. The summed E-state index contributed by atoms with van der Waals surface area (Å²) in [5.74, 6) is -2.77. The number of nitrogens with zero attached hydrogens (tertiary/aromatic N) is 2. The molecule has 0 bridgehead atoms. The van der Waals surface area contributed by atoms with Gasteiger partial charge in [0.2, 0.25) is 5.91 Å². The summed E-state index contributed by atoms with van der Waals surface area (Å²) in [6, 6.07) is 19.0. The number of aryl methyl sites for hydroxylation is 2. The smallest absolute Gasteiger partial charge is 0.478 e. The molecule has 0 aliphatic rings. The van der Waals surface area contributed by atoms with Crippen molar-refractivity contribution in [2.24, 2.45) is 0 Å². The van der Waals surface area contributed by atoms with Gasteiger partial charge in [0, 0.05) is 25.6 Å². The van der Waals surface area contributed by atoms with Crippen LogP contribution in [0.2, 0.25) is 0 Å². The molecule has 11 heteroatoms. The zero-order chi connectivity index (χ0) is 30.3. The predicted octanol–water partition coefficient (Wildman–Crippen LogP) is 6.69. The number of carbonyl (C=O) groups excluding carboxylic acids is 1. The van der Waals surface area contributed by atoms with E-state index >= 15 is 0 Å². The largest absolute Gasteiger partial charge is 0.490 e. The number of alkyl halides is 3. The molecule has 41 heavy (non-hydrogen) atoms. The fraction of sp³-hybridized carbons (Fsp3) is 0.267. The van der Waals surface area contributed by atoms with Crippen LogP contribution >= 0.6 is 0 Å². The second-order valence-electron chi connectivity index (χ2n) is 9.41. The maximum Gasteiger partial charge on any atom is 0.490 e. The normalized spacial score (nSPS) is 11.1. The van der Waals surface area contributed by atoms with E-state index in [0.717, 1.165) is 58.5 Å². The van der Waals surface area contributed by atoms with Gasteiger partial charge >= 0.3 is 18.1 Å². The molecule has 0 saturated carbocycles. The highest BCUT2D eigenvalue weighted by Gasteiger charge is 2.38. The Morgan fingerprint density at radius 3 is 2.20 bits per heavy atom. The molecular formula is C30H30F3N3O5. The van der Waals surface area contributed by atoms with Crippen LogP contribution in [0.15, 0.2) is 60.7 Å². The minimum Gasteiger partial charge on any atom is -0.478 e. The highest BCUT2D eigenvalue weighted by Crippen LogP contribution is 2.28. The number of aromatic nitrogens is 2. The molecule has 0 unspecified atom stereocenters. The number of carbonyl (C=O) groups is 3. The molecule has 4 aromatic rings. The average Bonchev–Trinajstić information content (AvgIpc) is 3.24. The Morgan fingerprint density at radius 1 is 1.00 bits per heavy atom. The number of nitrogens with one attached hydrogen (secondary N) is 1. The Bertz CT molecular complexity index is 1560. The molecule has 0 aliphatic heterocycles. The lowest BCUT2D eigenvalue weighted by atomic mass is 9.99. The van der Waals surface area contributed by atoms with E-state index < -0.39 is 18.1 Å². The molecule has 4 rings (SSSR count). The molecule has 216 valence electrons. The summed E-state index contributed by atoms with van der Waals surface area (Å²) in [7, 11) is 0. The highest BCUT2D eigenvalue weighted by atomic mass is 19.4. The van der Waals surface area contributed by atoms with E-state index in [1.54, 1.807) is 12.1 Å². The Balaban J connectivity index is 0.000000587. The number of unbranched alkanes of at least 4 members (excludes halogenated alkanes) is 1. The van der Waals surface area contributed by atoms with Crippen molar-refractivity contribution in [2.45, 2.75) is 52.8 Å². The first-order valence-corrected chi connectivity index (χ1v) is 12.8. The number of rotatable bonds is 8. The van der Waals surface area contributed by atoms with Gasteiger partial charge in [-0.05, 0) is 53.8 Å². The van der Waals surface area contributed by atoms with Gasteiger partial charge < -0.3 is 20.1 Å². The Hall–Kier alpha value is -4.67. The molecular weight excluding hydrogens is 539 g/mol. The number of aromatic carboxylic acids is 1. The van der Waals surface area contributed by atoms with Gasteiger partial charge in [-0.15, -0.1) is 0 Å². The minimum absolute atomic E-state index is 0.103. The van der Waals surface area contributed by atoms with Gasteiger partial charge in [0.25, 0.3) is 0 Å². The van der Waals surface area contributed by atoms with E-state index in [1.165, 1.54) is 6.92 Å². The summed E-state index contributed by atoms with van der Waals surface area (Å²) in [5.41, 5.74) is 6.69. The summed E-state index contributed by atoms with van der Waals surface area (Å²) in [4.78, 5) is 37.1. The van der Waals surface area contributed by atoms with Crippen molar-refractivity contribution in [3.8, 4) is 11.1 Å². The number of halogens is 3. The zero-order valence-corrected chi connectivity index (χ0v) is 22.7. The van der Waals surface area contributed by atoms with E-state index in [9.17, 15) is 27.9 Å². The van der Waals surface area contributed by atoms with Crippen molar-refractivity contribution >= 4 is 34.6 Å². The predicted molar refractivity (Wildman–Crippen MR) is 149 cm³/mol. The van der Waals surface area contributed by atoms with Crippen LogP contribution in [0.3, 0.4) is 0 Å². The molecule has 1 amide bonds. The Morgan fingerprint density at radius 2 is 1.63 bits per heavy atom. The van der Waals surface area contributed by atoms with Crippen molar-refractivity contribution < 1.29 is 37.8 Å². The molecule has 0 spiro atoms. The second kappa shape index (κ2) is 13.1. The van der Waals surface area contributed by atoms with E-state index in [-0.39, 0.29) is 5.91 Å². The number of carboxylic acids is 2. The van der Waals surface area contributed by atoms with Crippen molar-refractivity contribution in [3.63, 3.8) is 0 Å². The Kier molecular flexibility index (Phi) is 9.88. The first-order chi connectivity index (χ1) is 19.3. The third-order valence-electron chi connectivity index (χ3n) is 6.20. The van der Waals surface area contributed by atoms with Crippen LogP contribution in [0.4, 0.5) is 18.9 Å². The molecule has 1 aromatic heterocycles. The van der Waals surface area contributed by atoms with Gasteiger partial charge in [0.1, 0.15) is 5.82 Å². The summed E-state index contributed by atoms with van der Waals surface area (Å²) >= 11 is 0. The average molecular weight is 570 g/mol. The molecule has 0 saturated heterocycles. The molecule has 0 atom stereocenters. The van der Waals surface area contributed by atoms with E-state index in [0.29, 0.717) is 17.7 Å². The van der Waals surface area contributed by atoms with Gasteiger partial charge in [0.05, 0.1) is 16.6 Å². The van der Waals surface area contributed by atoms with Crippen LogP contribution in [-0.2, 0) is 22.6 Å². The monoisotopic (exact) mass is 569 g/mol. The summed E-state index contributed by atoms with van der Waals surface area (Å²) in [6.07, 6.45) is -2.08. The van der Waals surface area contributed by atoms with E-state index in [4.69, 9.17) is 14.9 Å². The summed E-state index contributed by atoms with van der Waals surface area (Å²) in [6.45, 7) is 6.33. The molecule has 0 aliphatic carbocycles. The lowest BCUT2D eigenvalue weighted by Crippen LogP contribution is -2.21. The first-order valence-electron chi connectivity index (χ1n) is 12.8. The number of amides is 1. The van der Waals surface area contributed by atoms with Crippen molar-refractivity contribution in [1.29, 1.82) is 0 Å². The van der Waals surface area contributed by atoms with Crippen molar-refractivity contribution in [1.82, 2.24) is 9.55 Å². The maximum absolute atomic E-state index is 11.6. The van der Waals surface area contributed by atoms with Gasteiger partial charge in [-0.3, -0.25) is 4.79 Å². The second-order valence-corrected chi connectivity index (χ2v) is 9.41. The highest BCUT2D eigenvalue weighted by molar-refractivity contribution is 5.96. The zero-order valence-electron chi connectivity index (χ0n) is 22.7. The van der Waals surface area contributed by atoms with Crippen LogP contribution in [0, 0.1) is 6.92 Å². The number of carboxylic acid groups (broad SMARTS) is 2. The van der Waals surface area contributed by atoms with Gasteiger partial charge in [-0.1, -0.05) is 55.8 Å². The van der Waals surface area contributed by atoms with Crippen LogP contribution in [-0.4, -0.2) is 43.8 Å². The SMILES string of the molecule is CCCCc1nc2c(C)cc(NC(C)=O)cc2n1Cc1ccc(-c2ccccc2C(=O)O)cc1.O=C(O)C(F)(F)F. The molecule has 3 N–H and O–H groups in total. The molecule has 8 nitrogen and oxygen atoms in total. The fourth-order valence-corrected chi connectivity index (χ4v) is 4.31. The number of imidazole rings is 1. The number of fused-ring (bicyclic) bond motifs is 1. The number of anilines is 1. The summed E-state index contributed by atoms with van der Waals surface area (Å²) in [5, 5.41) is 19.5. The third kappa shape index (κ3) is 7.93. The fourth-order valence-electron chi connectivity index (χ4n) is 4.31. The molecule has 0 radical (unpaired) electrons. The lowest BCUT2D eigenvalue weighted by molar-refractivity contribution is -0.192.